The van der Waals surface area contributed by atoms with Gasteiger partial charge in [0.2, 0.25) is 11.8 Å². The second-order valence-electron chi connectivity index (χ2n) is 5.20. The molecule has 1 N–H and O–H groups in total. The second kappa shape index (κ2) is 5.92. The van der Waals surface area contributed by atoms with Crippen molar-refractivity contribution in [1.82, 2.24) is 5.16 Å². The molecule has 1 atom stereocenters. The first kappa shape index (κ1) is 14.8. The quantitative estimate of drug-likeness (QED) is 0.909. The molecule has 1 aliphatic rings. The average Bonchev–Trinajstić information content (AvgIpc) is 3.05. The highest BCUT2D eigenvalue weighted by Gasteiger charge is 2.35. The molecule has 114 valence electrons. The van der Waals surface area contributed by atoms with Gasteiger partial charge in [0, 0.05) is 29.2 Å². The molecule has 1 fully saturated rings. The van der Waals surface area contributed by atoms with E-state index in [1.54, 1.807) is 17.9 Å². The zero-order valence-corrected chi connectivity index (χ0v) is 13.5. The minimum atomic E-state index is -0.400. The van der Waals surface area contributed by atoms with Crippen LogP contribution in [0.2, 0.25) is 0 Å². The summed E-state index contributed by atoms with van der Waals surface area (Å²) >= 11 is 3.38. The van der Waals surface area contributed by atoms with Crippen LogP contribution < -0.4 is 10.2 Å². The third-order valence-electron chi connectivity index (χ3n) is 3.49. The van der Waals surface area contributed by atoms with E-state index < -0.39 is 5.92 Å². The van der Waals surface area contributed by atoms with Crippen LogP contribution in [-0.2, 0) is 9.59 Å². The normalized spacial score (nSPS) is 17.8. The Bertz CT molecular complexity index is 728. The van der Waals surface area contributed by atoms with E-state index >= 15 is 0 Å². The highest BCUT2D eigenvalue weighted by atomic mass is 79.9. The van der Waals surface area contributed by atoms with Gasteiger partial charge < -0.3 is 14.7 Å². The summed E-state index contributed by atoms with van der Waals surface area (Å²) in [6.07, 6.45) is 0.190. The van der Waals surface area contributed by atoms with Gasteiger partial charge in [-0.15, -0.1) is 0 Å². The number of aryl methyl sites for hydroxylation is 1. The Kier molecular flexibility index (Phi) is 3.98. The number of aromatic nitrogens is 1. The fourth-order valence-corrected chi connectivity index (χ4v) is 2.82. The van der Waals surface area contributed by atoms with Crippen molar-refractivity contribution < 1.29 is 14.1 Å². The lowest BCUT2D eigenvalue weighted by Gasteiger charge is -2.16. The summed E-state index contributed by atoms with van der Waals surface area (Å²) in [4.78, 5) is 26.0. The molecule has 1 aromatic heterocycles. The van der Waals surface area contributed by atoms with E-state index in [1.807, 2.05) is 24.3 Å². The van der Waals surface area contributed by atoms with E-state index in [9.17, 15) is 9.59 Å². The number of anilines is 2. The Balaban J connectivity index is 1.70. The summed E-state index contributed by atoms with van der Waals surface area (Å²) in [5, 5.41) is 6.40. The Morgan fingerprint density at radius 2 is 2.27 bits per heavy atom. The van der Waals surface area contributed by atoms with Crippen molar-refractivity contribution in [3.05, 3.63) is 40.6 Å². The van der Waals surface area contributed by atoms with Crippen LogP contribution in [0.4, 0.5) is 11.5 Å². The van der Waals surface area contributed by atoms with Gasteiger partial charge in [-0.2, -0.15) is 0 Å². The van der Waals surface area contributed by atoms with Crippen LogP contribution in [-0.4, -0.2) is 23.5 Å². The van der Waals surface area contributed by atoms with Gasteiger partial charge in [0.05, 0.1) is 5.92 Å². The average molecular weight is 364 g/mol. The molecule has 1 aromatic carbocycles. The molecule has 2 aromatic rings. The summed E-state index contributed by atoms with van der Waals surface area (Å²) in [6, 6.07) is 9.10. The van der Waals surface area contributed by atoms with Crippen LogP contribution in [0.3, 0.4) is 0 Å². The number of hydrogen-bond donors (Lipinski definition) is 1. The molecule has 2 heterocycles. The molecule has 1 aliphatic heterocycles. The number of nitrogens with zero attached hydrogens (tertiary/aromatic N) is 2. The fourth-order valence-electron chi connectivity index (χ4n) is 2.43. The summed E-state index contributed by atoms with van der Waals surface area (Å²) < 4.78 is 5.80. The molecule has 0 bridgehead atoms. The summed E-state index contributed by atoms with van der Waals surface area (Å²) in [5.41, 5.74) is 0.784. The first-order chi connectivity index (χ1) is 10.5. The molecule has 0 aliphatic carbocycles. The zero-order chi connectivity index (χ0) is 15.7. The molecular weight excluding hydrogens is 350 g/mol. The van der Waals surface area contributed by atoms with Gasteiger partial charge in [0.25, 0.3) is 0 Å². The van der Waals surface area contributed by atoms with E-state index in [2.05, 4.69) is 26.4 Å². The molecule has 0 saturated carbocycles. The number of hydrogen-bond acceptors (Lipinski definition) is 4. The second-order valence-corrected chi connectivity index (χ2v) is 6.11. The van der Waals surface area contributed by atoms with Gasteiger partial charge in [0.1, 0.15) is 5.76 Å². The van der Waals surface area contributed by atoms with Crippen molar-refractivity contribution in [3.63, 3.8) is 0 Å². The van der Waals surface area contributed by atoms with Gasteiger partial charge in [-0.1, -0.05) is 27.2 Å². The van der Waals surface area contributed by atoms with Gasteiger partial charge in [-0.05, 0) is 25.1 Å². The van der Waals surface area contributed by atoms with E-state index in [0.717, 1.165) is 10.2 Å². The first-order valence-corrected chi connectivity index (χ1v) is 7.62. The predicted molar refractivity (Wildman–Crippen MR) is 84.5 cm³/mol. The lowest BCUT2D eigenvalue weighted by atomic mass is 10.1. The monoisotopic (exact) mass is 363 g/mol. The summed E-state index contributed by atoms with van der Waals surface area (Å²) in [5.74, 6) is 0.307. The van der Waals surface area contributed by atoms with Crippen LogP contribution in [0, 0.1) is 12.8 Å². The van der Waals surface area contributed by atoms with E-state index in [0.29, 0.717) is 18.1 Å². The minimum Gasteiger partial charge on any atom is -0.360 e. The van der Waals surface area contributed by atoms with Crippen LogP contribution in [0.15, 0.2) is 39.3 Å². The highest BCUT2D eigenvalue weighted by Crippen LogP contribution is 2.27. The van der Waals surface area contributed by atoms with Crippen LogP contribution in [0.1, 0.15) is 12.2 Å². The largest absolute Gasteiger partial charge is 0.360 e. The maximum absolute atomic E-state index is 12.2. The number of benzene rings is 1. The lowest BCUT2D eigenvalue weighted by Crippen LogP contribution is -2.28. The van der Waals surface area contributed by atoms with Crippen LogP contribution in [0.5, 0.6) is 0 Å². The van der Waals surface area contributed by atoms with Gasteiger partial charge in [-0.3, -0.25) is 9.59 Å². The fraction of sp³-hybridized carbons (Fsp3) is 0.267. The predicted octanol–water partition coefficient (Wildman–Crippen LogP) is 2.74. The minimum absolute atomic E-state index is 0.0606. The Hall–Kier alpha value is -2.15. The smallest absolute Gasteiger partial charge is 0.231 e. The molecule has 7 heteroatoms. The Morgan fingerprint density at radius 1 is 1.45 bits per heavy atom. The highest BCUT2D eigenvalue weighted by molar-refractivity contribution is 9.10. The van der Waals surface area contributed by atoms with E-state index in [-0.39, 0.29) is 18.2 Å². The molecule has 3 rings (SSSR count). The standard InChI is InChI=1S/C15H14BrN3O3/c1-9-5-13(18-22-9)17-15(21)10-6-14(20)19(8-10)12-4-2-3-11(16)7-12/h2-5,7,10H,6,8H2,1H3,(H,17,18,21)/t10-/m1/s1. The molecule has 0 spiro atoms. The number of halogens is 1. The Labute approximate surface area is 135 Å². The number of nitrogens with one attached hydrogen (secondary N) is 1. The van der Waals surface area contributed by atoms with Crippen molar-refractivity contribution in [2.45, 2.75) is 13.3 Å². The van der Waals surface area contributed by atoms with E-state index in [1.165, 1.54) is 0 Å². The molecule has 6 nitrogen and oxygen atoms in total. The number of carbonyl (C=O) groups is 2. The zero-order valence-electron chi connectivity index (χ0n) is 11.9. The molecule has 0 unspecified atom stereocenters. The van der Waals surface area contributed by atoms with E-state index in [4.69, 9.17) is 4.52 Å². The molecule has 1 saturated heterocycles. The van der Waals surface area contributed by atoms with Crippen molar-refractivity contribution >= 4 is 39.2 Å². The number of carbonyl (C=O) groups excluding carboxylic acids is 2. The first-order valence-electron chi connectivity index (χ1n) is 6.83. The number of amides is 2. The van der Waals surface area contributed by atoms with Gasteiger partial charge in [-0.25, -0.2) is 0 Å². The van der Waals surface area contributed by atoms with Crippen molar-refractivity contribution in [2.24, 2.45) is 5.92 Å². The lowest BCUT2D eigenvalue weighted by molar-refractivity contribution is -0.122. The third kappa shape index (κ3) is 3.04. The SMILES string of the molecule is Cc1cc(NC(=O)[C@@H]2CC(=O)N(c3cccc(Br)c3)C2)no1. The summed E-state index contributed by atoms with van der Waals surface area (Å²) in [6.45, 7) is 2.11. The van der Waals surface area contributed by atoms with Crippen molar-refractivity contribution in [1.29, 1.82) is 0 Å². The van der Waals surface area contributed by atoms with Crippen molar-refractivity contribution in [2.75, 3.05) is 16.8 Å². The maximum atomic E-state index is 12.2. The van der Waals surface area contributed by atoms with Gasteiger partial charge in [0.15, 0.2) is 5.82 Å². The topological polar surface area (TPSA) is 75.4 Å². The third-order valence-corrected chi connectivity index (χ3v) is 3.99. The molecular formula is C15H14BrN3O3. The van der Waals surface area contributed by atoms with Crippen LogP contribution in [0.25, 0.3) is 0 Å². The Morgan fingerprint density at radius 3 is 2.95 bits per heavy atom. The number of rotatable bonds is 3. The molecule has 22 heavy (non-hydrogen) atoms. The van der Waals surface area contributed by atoms with Gasteiger partial charge >= 0.3 is 0 Å². The van der Waals surface area contributed by atoms with Crippen molar-refractivity contribution in [3.8, 4) is 0 Å². The summed E-state index contributed by atoms with van der Waals surface area (Å²) in [7, 11) is 0. The molecule has 2 amide bonds. The van der Waals surface area contributed by atoms with Crippen LogP contribution >= 0.6 is 15.9 Å². The molecule has 0 radical (unpaired) electrons. The maximum Gasteiger partial charge on any atom is 0.231 e.